The second kappa shape index (κ2) is 5.70. The van der Waals surface area contributed by atoms with E-state index >= 15 is 0 Å². The highest BCUT2D eigenvalue weighted by Gasteiger charge is 2.14. The first-order valence-corrected chi connectivity index (χ1v) is 7.69. The van der Waals surface area contributed by atoms with Crippen LogP contribution in [0.25, 0.3) is 22.4 Å². The third-order valence-electron chi connectivity index (χ3n) is 4.00. The summed E-state index contributed by atoms with van der Waals surface area (Å²) < 4.78 is 1.79. The SMILES string of the molecule is Cn1cccc1C(=O)Nc1ccccc1-c1nc2ccccc2[nH]1. The number of H-pyrrole nitrogens is 1. The van der Waals surface area contributed by atoms with Crippen molar-refractivity contribution in [1.82, 2.24) is 14.5 Å². The summed E-state index contributed by atoms with van der Waals surface area (Å²) >= 11 is 0. The first-order chi connectivity index (χ1) is 11.7. The van der Waals surface area contributed by atoms with Gasteiger partial charge in [-0.2, -0.15) is 0 Å². The summed E-state index contributed by atoms with van der Waals surface area (Å²) in [5, 5.41) is 2.98. The Morgan fingerprint density at radius 2 is 1.83 bits per heavy atom. The van der Waals surface area contributed by atoms with Crippen LogP contribution in [0.4, 0.5) is 5.69 Å². The van der Waals surface area contributed by atoms with Gasteiger partial charge in [-0.05, 0) is 36.4 Å². The largest absolute Gasteiger partial charge is 0.347 e. The molecular weight excluding hydrogens is 300 g/mol. The highest BCUT2D eigenvalue weighted by Crippen LogP contribution is 2.27. The zero-order chi connectivity index (χ0) is 16.5. The standard InChI is InChI=1S/C19H16N4O/c1-23-12-6-11-17(23)19(24)22-14-8-3-2-7-13(14)18-20-15-9-4-5-10-16(15)21-18/h2-12H,1H3,(H,20,21)(H,22,24). The molecule has 5 heteroatoms. The molecule has 118 valence electrons. The van der Waals surface area contributed by atoms with Crippen LogP contribution in [-0.4, -0.2) is 20.4 Å². The number of hydrogen-bond donors (Lipinski definition) is 2. The quantitative estimate of drug-likeness (QED) is 0.603. The van der Waals surface area contributed by atoms with Crippen molar-refractivity contribution in [2.24, 2.45) is 7.05 Å². The molecule has 4 rings (SSSR count). The van der Waals surface area contributed by atoms with Gasteiger partial charge in [-0.25, -0.2) is 4.98 Å². The molecule has 5 nitrogen and oxygen atoms in total. The third kappa shape index (κ3) is 2.46. The van der Waals surface area contributed by atoms with Crippen molar-refractivity contribution in [3.05, 3.63) is 72.6 Å². The highest BCUT2D eigenvalue weighted by molar-refractivity contribution is 6.05. The number of aromatic nitrogens is 3. The van der Waals surface area contributed by atoms with E-state index in [2.05, 4.69) is 15.3 Å². The maximum Gasteiger partial charge on any atom is 0.272 e. The summed E-state index contributed by atoms with van der Waals surface area (Å²) in [6.07, 6.45) is 1.85. The van der Waals surface area contributed by atoms with Crippen LogP contribution < -0.4 is 5.32 Å². The maximum atomic E-state index is 12.5. The number of carbonyl (C=O) groups excluding carboxylic acids is 1. The predicted octanol–water partition coefficient (Wildman–Crippen LogP) is 3.82. The van der Waals surface area contributed by atoms with Crippen LogP contribution in [0.5, 0.6) is 0 Å². The first kappa shape index (κ1) is 14.3. The van der Waals surface area contributed by atoms with Gasteiger partial charge in [0.05, 0.1) is 16.7 Å². The Morgan fingerprint density at radius 1 is 1.04 bits per heavy atom. The number of benzene rings is 2. The van der Waals surface area contributed by atoms with Crippen molar-refractivity contribution in [3.63, 3.8) is 0 Å². The predicted molar refractivity (Wildman–Crippen MR) is 94.9 cm³/mol. The lowest BCUT2D eigenvalue weighted by molar-refractivity contribution is 0.101. The van der Waals surface area contributed by atoms with E-state index in [4.69, 9.17) is 0 Å². The highest BCUT2D eigenvalue weighted by atomic mass is 16.1. The van der Waals surface area contributed by atoms with Gasteiger partial charge >= 0.3 is 0 Å². The number of amides is 1. The van der Waals surface area contributed by atoms with Crippen molar-refractivity contribution < 1.29 is 4.79 Å². The number of carbonyl (C=O) groups is 1. The number of para-hydroxylation sites is 3. The number of nitrogens with zero attached hydrogens (tertiary/aromatic N) is 2. The van der Waals surface area contributed by atoms with Gasteiger partial charge < -0.3 is 14.9 Å². The number of rotatable bonds is 3. The molecule has 0 saturated heterocycles. The molecule has 0 spiro atoms. The Balaban J connectivity index is 1.73. The van der Waals surface area contributed by atoms with Gasteiger partial charge in [-0.15, -0.1) is 0 Å². The van der Waals surface area contributed by atoms with Crippen LogP contribution >= 0.6 is 0 Å². The van der Waals surface area contributed by atoms with Crippen LogP contribution in [0.2, 0.25) is 0 Å². The molecule has 0 unspecified atom stereocenters. The summed E-state index contributed by atoms with van der Waals surface area (Å²) in [4.78, 5) is 20.4. The smallest absolute Gasteiger partial charge is 0.272 e. The zero-order valence-electron chi connectivity index (χ0n) is 13.2. The molecule has 0 atom stereocenters. The number of anilines is 1. The molecule has 0 aliphatic carbocycles. The van der Waals surface area contributed by atoms with Gasteiger partial charge in [0.1, 0.15) is 11.5 Å². The van der Waals surface area contributed by atoms with Gasteiger partial charge in [0, 0.05) is 18.8 Å². The van der Waals surface area contributed by atoms with Crippen molar-refractivity contribution in [2.75, 3.05) is 5.32 Å². The normalized spacial score (nSPS) is 10.9. The number of aryl methyl sites for hydroxylation is 1. The third-order valence-corrected chi connectivity index (χ3v) is 4.00. The van der Waals surface area contributed by atoms with Crippen LogP contribution in [0.3, 0.4) is 0 Å². The van der Waals surface area contributed by atoms with Crippen molar-refractivity contribution >= 4 is 22.6 Å². The minimum Gasteiger partial charge on any atom is -0.347 e. The molecule has 24 heavy (non-hydrogen) atoms. The van der Waals surface area contributed by atoms with E-state index in [1.807, 2.05) is 67.8 Å². The molecule has 2 N–H and O–H groups in total. The molecule has 4 aromatic rings. The molecular formula is C19H16N4O. The van der Waals surface area contributed by atoms with E-state index in [1.54, 1.807) is 10.6 Å². The fourth-order valence-electron chi connectivity index (χ4n) is 2.76. The fourth-order valence-corrected chi connectivity index (χ4v) is 2.76. The average Bonchev–Trinajstić information content (AvgIpc) is 3.21. The second-order valence-corrected chi connectivity index (χ2v) is 5.61. The summed E-state index contributed by atoms with van der Waals surface area (Å²) in [6.45, 7) is 0. The van der Waals surface area contributed by atoms with E-state index in [0.717, 1.165) is 28.1 Å². The molecule has 1 amide bonds. The molecule has 2 aromatic carbocycles. The number of fused-ring (bicyclic) bond motifs is 1. The van der Waals surface area contributed by atoms with Gasteiger partial charge in [-0.3, -0.25) is 4.79 Å². The second-order valence-electron chi connectivity index (χ2n) is 5.61. The molecule has 0 aliphatic rings. The fraction of sp³-hybridized carbons (Fsp3) is 0.0526. The molecule has 2 heterocycles. The van der Waals surface area contributed by atoms with Crippen LogP contribution in [0.1, 0.15) is 10.5 Å². The number of aromatic amines is 1. The minimum atomic E-state index is -0.147. The topological polar surface area (TPSA) is 62.7 Å². The van der Waals surface area contributed by atoms with E-state index in [9.17, 15) is 4.79 Å². The Hall–Kier alpha value is -3.34. The van der Waals surface area contributed by atoms with Crippen LogP contribution in [0, 0.1) is 0 Å². The summed E-state index contributed by atoms with van der Waals surface area (Å²) in [6, 6.07) is 19.1. The first-order valence-electron chi connectivity index (χ1n) is 7.69. The number of imidazole rings is 1. The van der Waals surface area contributed by atoms with Crippen LogP contribution in [0.15, 0.2) is 66.9 Å². The van der Waals surface area contributed by atoms with E-state index < -0.39 is 0 Å². The van der Waals surface area contributed by atoms with Gasteiger partial charge in [0.15, 0.2) is 0 Å². The zero-order valence-corrected chi connectivity index (χ0v) is 13.2. The molecule has 0 aliphatic heterocycles. The van der Waals surface area contributed by atoms with Gasteiger partial charge in [0.2, 0.25) is 0 Å². The van der Waals surface area contributed by atoms with Crippen LogP contribution in [-0.2, 0) is 7.05 Å². The lowest BCUT2D eigenvalue weighted by Crippen LogP contribution is -2.15. The van der Waals surface area contributed by atoms with E-state index in [1.165, 1.54) is 0 Å². The maximum absolute atomic E-state index is 12.5. The summed E-state index contributed by atoms with van der Waals surface area (Å²) in [5.41, 5.74) is 4.06. The van der Waals surface area contributed by atoms with E-state index in [0.29, 0.717) is 5.69 Å². The Morgan fingerprint density at radius 3 is 2.62 bits per heavy atom. The van der Waals surface area contributed by atoms with Gasteiger partial charge in [0.25, 0.3) is 5.91 Å². The number of hydrogen-bond acceptors (Lipinski definition) is 2. The minimum absolute atomic E-state index is 0.147. The Bertz CT molecular complexity index is 995. The van der Waals surface area contributed by atoms with Gasteiger partial charge in [-0.1, -0.05) is 24.3 Å². The number of nitrogens with one attached hydrogen (secondary N) is 2. The lowest BCUT2D eigenvalue weighted by Gasteiger charge is -2.10. The van der Waals surface area contributed by atoms with E-state index in [-0.39, 0.29) is 5.91 Å². The summed E-state index contributed by atoms with van der Waals surface area (Å²) in [7, 11) is 1.85. The molecule has 0 radical (unpaired) electrons. The van der Waals surface area contributed by atoms with Crippen molar-refractivity contribution in [2.45, 2.75) is 0 Å². The lowest BCUT2D eigenvalue weighted by atomic mass is 10.1. The molecule has 2 aromatic heterocycles. The average molecular weight is 316 g/mol. The van der Waals surface area contributed by atoms with Crippen molar-refractivity contribution in [3.8, 4) is 11.4 Å². The molecule has 0 bridgehead atoms. The molecule has 0 saturated carbocycles. The Labute approximate surface area is 139 Å². The Kier molecular flexibility index (Phi) is 3.39. The molecule has 0 fully saturated rings. The van der Waals surface area contributed by atoms with Crippen molar-refractivity contribution in [1.29, 1.82) is 0 Å². The monoisotopic (exact) mass is 316 g/mol. The summed E-state index contributed by atoms with van der Waals surface area (Å²) in [5.74, 6) is 0.588.